The lowest BCUT2D eigenvalue weighted by Crippen LogP contribution is -2.61. The van der Waals surface area contributed by atoms with Gasteiger partial charge in [-0.25, -0.2) is 13.2 Å². The van der Waals surface area contributed by atoms with Crippen molar-refractivity contribution in [1.82, 2.24) is 14.8 Å². The predicted octanol–water partition coefficient (Wildman–Crippen LogP) is 6.75. The zero-order valence-corrected chi connectivity index (χ0v) is 24.3. The van der Waals surface area contributed by atoms with Gasteiger partial charge in [0.2, 0.25) is 0 Å². The third kappa shape index (κ3) is 4.94. The molecule has 3 aromatic rings. The van der Waals surface area contributed by atoms with Crippen LogP contribution in [-0.4, -0.2) is 65.5 Å². The fraction of sp³-hybridized carbons (Fsp3) is 0.517. The summed E-state index contributed by atoms with van der Waals surface area (Å²) in [5.41, 5.74) is 0.153. The zero-order chi connectivity index (χ0) is 27.5. The molecule has 0 amide bonds. The smallest absolute Gasteiger partial charge is 0.145 e. The SMILES string of the molecule is CC(C)(F)CN1C(C)(C)Cc2c([nH]c3ccccc23)[C@]1(I)c1c(F)cc(OCCN2CC(CF)C2)cc1F. The van der Waals surface area contributed by atoms with Crippen LogP contribution in [-0.2, 0) is 9.97 Å². The molecule has 0 bridgehead atoms. The van der Waals surface area contributed by atoms with Crippen LogP contribution in [0.1, 0.15) is 44.5 Å². The number of H-pyrrole nitrogens is 1. The van der Waals surface area contributed by atoms with Gasteiger partial charge in [0.05, 0.1) is 17.9 Å². The number of nitrogens with zero attached hydrogens (tertiary/aromatic N) is 2. The molecule has 1 fully saturated rings. The molecule has 1 aromatic heterocycles. The van der Waals surface area contributed by atoms with Gasteiger partial charge in [-0.2, -0.15) is 0 Å². The molecule has 0 radical (unpaired) electrons. The second kappa shape index (κ2) is 9.96. The average molecular weight is 644 g/mol. The van der Waals surface area contributed by atoms with Crippen molar-refractivity contribution in [3.63, 3.8) is 0 Å². The number of benzene rings is 2. The minimum atomic E-state index is -1.61. The summed E-state index contributed by atoms with van der Waals surface area (Å²) in [5.74, 6) is -1.34. The van der Waals surface area contributed by atoms with Gasteiger partial charge in [0.1, 0.15) is 33.2 Å². The Balaban J connectivity index is 1.55. The summed E-state index contributed by atoms with van der Waals surface area (Å²) < 4.78 is 64.2. The molecule has 4 nitrogen and oxygen atoms in total. The maximum atomic E-state index is 16.0. The number of hydrogen-bond donors (Lipinski definition) is 1. The minimum absolute atomic E-state index is 0.0232. The number of para-hydroxylation sites is 1. The Hall–Kier alpha value is -1.85. The first kappa shape index (κ1) is 27.7. The van der Waals surface area contributed by atoms with E-state index in [2.05, 4.69) is 27.6 Å². The number of likely N-dealkylation sites (tertiary alicyclic amines) is 1. The molecule has 9 heteroatoms. The molecule has 0 saturated carbocycles. The van der Waals surface area contributed by atoms with E-state index in [-0.39, 0.29) is 37.1 Å². The molecule has 3 heterocycles. The second-order valence-corrected chi connectivity index (χ2v) is 13.4. The van der Waals surface area contributed by atoms with Crippen molar-refractivity contribution in [2.75, 3.05) is 39.5 Å². The highest BCUT2D eigenvalue weighted by Gasteiger charge is 2.55. The van der Waals surface area contributed by atoms with Gasteiger partial charge < -0.3 is 9.72 Å². The molecule has 206 valence electrons. The number of fused-ring (bicyclic) bond motifs is 3. The molecule has 38 heavy (non-hydrogen) atoms. The molecule has 2 aromatic carbocycles. The lowest BCUT2D eigenvalue weighted by atomic mass is 9.80. The van der Waals surface area contributed by atoms with Crippen molar-refractivity contribution in [3.05, 3.63) is 64.9 Å². The highest BCUT2D eigenvalue weighted by atomic mass is 127. The average Bonchev–Trinajstić information content (AvgIpc) is 3.16. The number of halogens is 5. The zero-order valence-electron chi connectivity index (χ0n) is 22.2. The third-order valence-corrected chi connectivity index (χ3v) is 9.33. The quantitative estimate of drug-likeness (QED) is 0.128. The fourth-order valence-electron chi connectivity index (χ4n) is 5.90. The van der Waals surface area contributed by atoms with Crippen LogP contribution in [0, 0.1) is 17.6 Å². The highest BCUT2D eigenvalue weighted by molar-refractivity contribution is 14.1. The Morgan fingerprint density at radius 2 is 1.79 bits per heavy atom. The van der Waals surface area contributed by atoms with Gasteiger partial charge >= 0.3 is 0 Å². The van der Waals surface area contributed by atoms with Gasteiger partial charge in [0.25, 0.3) is 0 Å². The molecule has 1 saturated heterocycles. The van der Waals surface area contributed by atoms with E-state index >= 15 is 13.2 Å². The van der Waals surface area contributed by atoms with E-state index in [1.807, 2.05) is 47.9 Å². The van der Waals surface area contributed by atoms with Crippen LogP contribution in [0.5, 0.6) is 5.75 Å². The first-order valence-corrected chi connectivity index (χ1v) is 14.1. The summed E-state index contributed by atoms with van der Waals surface area (Å²) in [6, 6.07) is 10.2. The number of alkyl halides is 3. The van der Waals surface area contributed by atoms with Gasteiger partial charge in [-0.1, -0.05) is 18.2 Å². The van der Waals surface area contributed by atoms with Crippen LogP contribution >= 0.6 is 22.6 Å². The van der Waals surface area contributed by atoms with Crippen LogP contribution in [0.25, 0.3) is 10.9 Å². The number of nitrogens with one attached hydrogen (secondary N) is 1. The van der Waals surface area contributed by atoms with E-state index in [9.17, 15) is 4.39 Å². The summed E-state index contributed by atoms with van der Waals surface area (Å²) in [7, 11) is 0. The Morgan fingerprint density at radius 3 is 2.42 bits per heavy atom. The lowest BCUT2D eigenvalue weighted by Gasteiger charge is -2.54. The first-order valence-electron chi connectivity index (χ1n) is 13.0. The van der Waals surface area contributed by atoms with Crippen molar-refractivity contribution in [1.29, 1.82) is 0 Å². The van der Waals surface area contributed by atoms with E-state index in [4.69, 9.17) is 4.74 Å². The van der Waals surface area contributed by atoms with Crippen molar-refractivity contribution in [2.24, 2.45) is 5.92 Å². The topological polar surface area (TPSA) is 31.5 Å². The number of aromatic amines is 1. The third-order valence-electron chi connectivity index (χ3n) is 7.67. The molecule has 0 aliphatic carbocycles. The van der Waals surface area contributed by atoms with E-state index < -0.39 is 26.4 Å². The summed E-state index contributed by atoms with van der Waals surface area (Å²) >= 11 is 2.10. The molecule has 0 spiro atoms. The Labute approximate surface area is 234 Å². The van der Waals surface area contributed by atoms with Crippen LogP contribution in [0.2, 0.25) is 0 Å². The van der Waals surface area contributed by atoms with E-state index in [0.29, 0.717) is 31.7 Å². The Bertz CT molecular complexity index is 1310. The maximum Gasteiger partial charge on any atom is 0.145 e. The van der Waals surface area contributed by atoms with Crippen LogP contribution in [0.15, 0.2) is 36.4 Å². The maximum absolute atomic E-state index is 16.0. The molecule has 2 aliphatic heterocycles. The molecule has 2 aliphatic rings. The van der Waals surface area contributed by atoms with Crippen molar-refractivity contribution < 1.29 is 22.3 Å². The van der Waals surface area contributed by atoms with Crippen LogP contribution in [0.3, 0.4) is 0 Å². The highest BCUT2D eigenvalue weighted by Crippen LogP contribution is 2.54. The molecule has 0 unspecified atom stereocenters. The fourth-order valence-corrected chi connectivity index (χ4v) is 7.70. The molecule has 1 atom stereocenters. The number of ether oxygens (including phenoxy) is 1. The lowest BCUT2D eigenvalue weighted by molar-refractivity contribution is 0.00758. The van der Waals surface area contributed by atoms with Gasteiger partial charge in [-0.15, -0.1) is 0 Å². The van der Waals surface area contributed by atoms with Crippen molar-refractivity contribution in [2.45, 2.75) is 48.9 Å². The van der Waals surface area contributed by atoms with Gasteiger partial charge in [-0.3, -0.25) is 14.2 Å². The number of rotatable bonds is 8. The normalized spacial score (nSPS) is 22.4. The summed E-state index contributed by atoms with van der Waals surface area (Å²) in [5, 5.41) is 0.998. The summed E-state index contributed by atoms with van der Waals surface area (Å²) in [4.78, 5) is 7.35. The number of aromatic nitrogens is 1. The Kier molecular flexibility index (Phi) is 7.26. The van der Waals surface area contributed by atoms with Crippen molar-refractivity contribution >= 4 is 33.5 Å². The summed E-state index contributed by atoms with van der Waals surface area (Å²) in [6.07, 6.45) is 0.595. The number of hydrogen-bond acceptors (Lipinski definition) is 3. The molecular weight excluding hydrogens is 609 g/mol. The summed E-state index contributed by atoms with van der Waals surface area (Å²) in [6.45, 7) is 8.74. The Morgan fingerprint density at radius 1 is 1.13 bits per heavy atom. The molecule has 5 rings (SSSR count). The van der Waals surface area contributed by atoms with Crippen molar-refractivity contribution in [3.8, 4) is 5.75 Å². The van der Waals surface area contributed by atoms with Crippen LogP contribution in [0.4, 0.5) is 17.6 Å². The van der Waals surface area contributed by atoms with E-state index in [1.54, 1.807) is 0 Å². The monoisotopic (exact) mass is 643 g/mol. The van der Waals surface area contributed by atoms with Gasteiger partial charge in [0, 0.05) is 60.7 Å². The van der Waals surface area contributed by atoms with E-state index in [0.717, 1.165) is 16.5 Å². The largest absolute Gasteiger partial charge is 0.492 e. The van der Waals surface area contributed by atoms with Gasteiger partial charge in [-0.05, 0) is 68.3 Å². The second-order valence-electron chi connectivity index (χ2n) is 11.8. The first-order chi connectivity index (χ1) is 17.8. The minimum Gasteiger partial charge on any atom is -0.492 e. The van der Waals surface area contributed by atoms with Gasteiger partial charge in [0.15, 0.2) is 0 Å². The molecular formula is C29H34F4IN3O. The van der Waals surface area contributed by atoms with E-state index in [1.165, 1.54) is 26.0 Å². The predicted molar refractivity (Wildman–Crippen MR) is 151 cm³/mol. The van der Waals surface area contributed by atoms with Crippen LogP contribution < -0.4 is 4.74 Å². The molecule has 1 N–H and O–H groups in total. The standard InChI is InChI=1S/C29H34F4IN3O/c1-27(2,33)17-37-28(3,4)13-21-20-7-5-6-8-24(20)35-26(21)29(37,34)25-22(31)11-19(12-23(25)32)38-10-9-36-15-18(14-30)16-36/h5-8,11-12,18,35H,9-10,13-17H2,1-4H3/t29-/m0/s1.